The molecule has 1 aromatic carbocycles. The molecule has 1 N–H and O–H groups in total. The Morgan fingerprint density at radius 3 is 2.45 bits per heavy atom. The maximum atomic E-state index is 13.0. The van der Waals surface area contributed by atoms with E-state index in [9.17, 15) is 19.7 Å². The van der Waals surface area contributed by atoms with Crippen LogP contribution in [0.4, 0.5) is 5.69 Å². The van der Waals surface area contributed by atoms with Gasteiger partial charge in [-0.2, -0.15) is 0 Å². The SMILES string of the molecule is CCOc1cc(C(=O)N2CCN(CC(=O)NCCCOC)CC2)c([N+](=O)[O-])cc1OC. The van der Waals surface area contributed by atoms with Crippen molar-refractivity contribution >= 4 is 17.5 Å². The highest BCUT2D eigenvalue weighted by Gasteiger charge is 2.30. The topological polar surface area (TPSA) is 123 Å². The zero-order valence-corrected chi connectivity index (χ0v) is 18.2. The van der Waals surface area contributed by atoms with Gasteiger partial charge >= 0.3 is 0 Å². The van der Waals surface area contributed by atoms with Crippen LogP contribution in [0.25, 0.3) is 0 Å². The highest BCUT2D eigenvalue weighted by molar-refractivity contribution is 5.99. The Balaban J connectivity index is 2.01. The largest absolute Gasteiger partial charge is 0.493 e. The molecule has 1 heterocycles. The van der Waals surface area contributed by atoms with Gasteiger partial charge in [-0.1, -0.05) is 0 Å². The number of amides is 2. The Morgan fingerprint density at radius 1 is 1.16 bits per heavy atom. The van der Waals surface area contributed by atoms with E-state index in [1.165, 1.54) is 19.2 Å². The van der Waals surface area contributed by atoms with E-state index in [0.29, 0.717) is 45.9 Å². The third-order valence-electron chi connectivity index (χ3n) is 4.88. The van der Waals surface area contributed by atoms with Crippen molar-refractivity contribution in [1.29, 1.82) is 0 Å². The normalized spacial score (nSPS) is 14.2. The van der Waals surface area contributed by atoms with Crippen molar-refractivity contribution in [3.63, 3.8) is 0 Å². The number of nitrogens with zero attached hydrogens (tertiary/aromatic N) is 3. The van der Waals surface area contributed by atoms with Crippen LogP contribution in [0.5, 0.6) is 11.5 Å². The number of nitro benzene ring substituents is 1. The molecule has 1 aliphatic rings. The highest BCUT2D eigenvalue weighted by Crippen LogP contribution is 2.35. The summed E-state index contributed by atoms with van der Waals surface area (Å²) in [5.74, 6) is -0.0452. The first-order valence-corrected chi connectivity index (χ1v) is 10.2. The number of carbonyl (C=O) groups excluding carboxylic acids is 2. The van der Waals surface area contributed by atoms with Crippen LogP contribution in [-0.2, 0) is 9.53 Å². The molecule has 1 aliphatic heterocycles. The van der Waals surface area contributed by atoms with Crippen LogP contribution in [0.2, 0.25) is 0 Å². The van der Waals surface area contributed by atoms with Gasteiger partial charge in [-0.25, -0.2) is 0 Å². The number of benzene rings is 1. The second-order valence-electron chi connectivity index (χ2n) is 6.97. The monoisotopic (exact) mass is 438 g/mol. The quantitative estimate of drug-likeness (QED) is 0.307. The number of hydrogen-bond donors (Lipinski definition) is 1. The second kappa shape index (κ2) is 12.1. The Morgan fingerprint density at radius 2 is 1.87 bits per heavy atom. The van der Waals surface area contributed by atoms with Crippen molar-refractivity contribution < 1.29 is 28.7 Å². The first-order chi connectivity index (χ1) is 14.9. The third-order valence-corrected chi connectivity index (χ3v) is 4.88. The molecule has 0 unspecified atom stereocenters. The van der Waals surface area contributed by atoms with Crippen molar-refractivity contribution in [3.05, 3.63) is 27.8 Å². The molecule has 1 aromatic rings. The van der Waals surface area contributed by atoms with Crippen LogP contribution in [-0.4, -0.2) is 93.2 Å². The minimum absolute atomic E-state index is 0.0430. The number of methoxy groups -OCH3 is 2. The number of nitrogens with one attached hydrogen (secondary N) is 1. The molecule has 0 saturated carbocycles. The summed E-state index contributed by atoms with van der Waals surface area (Å²) in [6.07, 6.45) is 0.745. The number of piperazine rings is 1. The zero-order valence-electron chi connectivity index (χ0n) is 18.2. The van der Waals surface area contributed by atoms with E-state index >= 15 is 0 Å². The van der Waals surface area contributed by atoms with Crippen molar-refractivity contribution in [2.24, 2.45) is 0 Å². The lowest BCUT2D eigenvalue weighted by atomic mass is 10.1. The predicted molar refractivity (Wildman–Crippen MR) is 113 cm³/mol. The molecule has 11 nitrogen and oxygen atoms in total. The van der Waals surface area contributed by atoms with Crippen molar-refractivity contribution in [2.45, 2.75) is 13.3 Å². The molecule has 1 saturated heterocycles. The number of nitro groups is 1. The van der Waals surface area contributed by atoms with Crippen molar-refractivity contribution in [3.8, 4) is 11.5 Å². The summed E-state index contributed by atoms with van der Waals surface area (Å²) in [5.41, 5.74) is -0.373. The number of hydrogen-bond acceptors (Lipinski definition) is 8. The summed E-state index contributed by atoms with van der Waals surface area (Å²) >= 11 is 0. The minimum atomic E-state index is -0.602. The van der Waals surface area contributed by atoms with Gasteiger partial charge in [-0.15, -0.1) is 0 Å². The molecular formula is C20H30N4O7. The molecule has 172 valence electrons. The molecule has 0 radical (unpaired) electrons. The molecule has 1 fully saturated rings. The molecule has 11 heteroatoms. The Kier molecular flexibility index (Phi) is 9.47. The Labute approximate surface area is 181 Å². The van der Waals surface area contributed by atoms with E-state index in [1.54, 1.807) is 18.9 Å². The van der Waals surface area contributed by atoms with E-state index in [2.05, 4.69) is 5.32 Å². The van der Waals surface area contributed by atoms with Gasteiger partial charge in [0, 0.05) is 52.5 Å². The van der Waals surface area contributed by atoms with Gasteiger partial charge in [0.25, 0.3) is 11.6 Å². The molecule has 0 atom stereocenters. The lowest BCUT2D eigenvalue weighted by Crippen LogP contribution is -2.51. The lowest BCUT2D eigenvalue weighted by molar-refractivity contribution is -0.385. The fraction of sp³-hybridized carbons (Fsp3) is 0.600. The van der Waals surface area contributed by atoms with Crippen LogP contribution >= 0.6 is 0 Å². The second-order valence-corrected chi connectivity index (χ2v) is 6.97. The molecule has 0 aliphatic carbocycles. The van der Waals surface area contributed by atoms with Gasteiger partial charge in [0.1, 0.15) is 5.56 Å². The molecule has 0 spiro atoms. The van der Waals surface area contributed by atoms with E-state index in [-0.39, 0.29) is 35.2 Å². The maximum Gasteiger partial charge on any atom is 0.286 e. The fourth-order valence-electron chi connectivity index (χ4n) is 3.28. The maximum absolute atomic E-state index is 13.0. The number of carbonyl (C=O) groups is 2. The van der Waals surface area contributed by atoms with Gasteiger partial charge in [0.2, 0.25) is 5.91 Å². The Bertz CT molecular complexity index is 779. The summed E-state index contributed by atoms with van der Waals surface area (Å²) in [6.45, 7) is 5.21. The fourth-order valence-corrected chi connectivity index (χ4v) is 3.28. The van der Waals surface area contributed by atoms with E-state index in [4.69, 9.17) is 14.2 Å². The van der Waals surface area contributed by atoms with E-state index < -0.39 is 10.8 Å². The van der Waals surface area contributed by atoms with Gasteiger partial charge in [-0.3, -0.25) is 24.6 Å². The summed E-state index contributed by atoms with van der Waals surface area (Å²) in [6, 6.07) is 2.57. The average Bonchev–Trinajstić information content (AvgIpc) is 2.76. The van der Waals surface area contributed by atoms with Gasteiger partial charge in [-0.05, 0) is 13.3 Å². The highest BCUT2D eigenvalue weighted by atomic mass is 16.6. The summed E-state index contributed by atoms with van der Waals surface area (Å²) < 4.78 is 15.6. The lowest BCUT2D eigenvalue weighted by Gasteiger charge is -2.34. The standard InChI is InChI=1S/C20H30N4O7/c1-4-31-18-12-15(16(24(27)28)13-17(18)30-3)20(26)23-9-7-22(8-10-23)14-19(25)21-6-5-11-29-2/h12-13H,4-11,14H2,1-3H3,(H,21,25). The molecular weight excluding hydrogens is 408 g/mol. The van der Waals surface area contributed by atoms with E-state index in [0.717, 1.165) is 6.42 Å². The Hall–Kier alpha value is -2.92. The van der Waals surface area contributed by atoms with Gasteiger partial charge in [0.05, 0.1) is 31.3 Å². The molecule has 0 aromatic heterocycles. The van der Waals surface area contributed by atoms with Gasteiger partial charge in [0.15, 0.2) is 11.5 Å². The number of ether oxygens (including phenoxy) is 3. The van der Waals surface area contributed by atoms with E-state index in [1.807, 2.05) is 4.90 Å². The average molecular weight is 438 g/mol. The van der Waals surface area contributed by atoms with Crippen LogP contribution in [0.3, 0.4) is 0 Å². The van der Waals surface area contributed by atoms with Crippen LogP contribution in [0.15, 0.2) is 12.1 Å². The minimum Gasteiger partial charge on any atom is -0.493 e. The van der Waals surface area contributed by atoms with Crippen molar-refractivity contribution in [1.82, 2.24) is 15.1 Å². The van der Waals surface area contributed by atoms with Crippen LogP contribution in [0, 0.1) is 10.1 Å². The third kappa shape index (κ3) is 6.79. The van der Waals surface area contributed by atoms with Crippen molar-refractivity contribution in [2.75, 3.05) is 66.7 Å². The summed E-state index contributed by atoms with van der Waals surface area (Å²) in [4.78, 5) is 39.5. The van der Waals surface area contributed by atoms with Crippen LogP contribution in [0.1, 0.15) is 23.7 Å². The molecule has 2 amide bonds. The smallest absolute Gasteiger partial charge is 0.286 e. The molecule has 0 bridgehead atoms. The molecule has 2 rings (SSSR count). The van der Waals surface area contributed by atoms with Crippen LogP contribution < -0.4 is 14.8 Å². The predicted octanol–water partition coefficient (Wildman–Crippen LogP) is 0.913. The summed E-state index contributed by atoms with van der Waals surface area (Å²) in [5, 5.41) is 14.4. The summed E-state index contributed by atoms with van der Waals surface area (Å²) in [7, 11) is 3.00. The number of rotatable bonds is 11. The van der Waals surface area contributed by atoms with Gasteiger partial charge < -0.3 is 24.4 Å². The first-order valence-electron chi connectivity index (χ1n) is 10.2. The zero-order chi connectivity index (χ0) is 22.8. The first kappa shape index (κ1) is 24.4. The molecule has 31 heavy (non-hydrogen) atoms.